The minimum Gasteiger partial charge on any atom is -0.494 e. The highest BCUT2D eigenvalue weighted by molar-refractivity contribution is 7.98. The fourth-order valence-corrected chi connectivity index (χ4v) is 10.5. The van der Waals surface area contributed by atoms with Gasteiger partial charge in [-0.05, 0) is 69.7 Å². The molecule has 74 heavy (non-hydrogen) atoms. The summed E-state index contributed by atoms with van der Waals surface area (Å²) in [7, 11) is -5.95. The van der Waals surface area contributed by atoms with Crippen LogP contribution in [0.4, 0.5) is 57.4 Å². The smallest absolute Gasteiger partial charge is 0.295 e. The molecule has 0 atom stereocenters. The van der Waals surface area contributed by atoms with Crippen LogP contribution in [0.5, 0.6) is 11.5 Å². The fraction of sp³-hybridized carbons (Fsp3) is 0.212. The van der Waals surface area contributed by atoms with Crippen molar-refractivity contribution >= 4 is 111 Å². The number of azo groups is 2. The van der Waals surface area contributed by atoms with Crippen molar-refractivity contribution in [2.24, 2.45) is 20.5 Å². The van der Waals surface area contributed by atoms with Crippen LogP contribution in [0.1, 0.15) is 33.3 Å². The third-order valence-corrected chi connectivity index (χ3v) is 14.7. The molecule has 0 radical (unpaired) electrons. The van der Waals surface area contributed by atoms with E-state index in [2.05, 4.69) is 30.7 Å². The summed E-state index contributed by atoms with van der Waals surface area (Å²) in [5.41, 5.74) is 4.79. The van der Waals surface area contributed by atoms with Gasteiger partial charge in [0.2, 0.25) is 11.9 Å². The van der Waals surface area contributed by atoms with E-state index < -0.39 is 20.2 Å². The molecule has 8 rings (SSSR count). The number of rotatable bonds is 21. The van der Waals surface area contributed by atoms with Crippen LogP contribution in [0, 0.1) is 0 Å². The molecule has 1 aromatic heterocycles. The second-order valence-electron chi connectivity index (χ2n) is 16.3. The number of nitrogens with one attached hydrogen (secondary N) is 2. The molecule has 8 aromatic rings. The summed E-state index contributed by atoms with van der Waals surface area (Å²) in [6, 6.07) is 36.0. The van der Waals surface area contributed by atoms with E-state index in [1.165, 1.54) is 36.0 Å². The highest BCUT2D eigenvalue weighted by Gasteiger charge is 2.22. The van der Waals surface area contributed by atoms with Crippen LogP contribution in [-0.4, -0.2) is 81.3 Å². The number of anilines is 6. The molecular formula is C52H53N11O8S3. The van der Waals surface area contributed by atoms with E-state index in [4.69, 9.17) is 34.7 Å². The van der Waals surface area contributed by atoms with Gasteiger partial charge in [0.1, 0.15) is 32.7 Å². The van der Waals surface area contributed by atoms with Crippen LogP contribution < -0.4 is 29.9 Å². The lowest BCUT2D eigenvalue weighted by Gasteiger charge is -2.25. The Hall–Kier alpha value is -7.76. The van der Waals surface area contributed by atoms with Gasteiger partial charge in [0.15, 0.2) is 5.16 Å². The van der Waals surface area contributed by atoms with Crippen molar-refractivity contribution in [1.82, 2.24) is 15.0 Å². The largest absolute Gasteiger partial charge is 0.494 e. The number of thioether (sulfide) groups is 1. The van der Waals surface area contributed by atoms with Crippen molar-refractivity contribution in [2.45, 2.75) is 48.4 Å². The molecule has 0 aliphatic rings. The minimum absolute atomic E-state index is 0.138. The first-order chi connectivity index (χ1) is 35.6. The number of hydrogen-bond donors (Lipinski definition) is 4. The van der Waals surface area contributed by atoms with Crippen LogP contribution in [-0.2, 0) is 26.0 Å². The van der Waals surface area contributed by atoms with Gasteiger partial charge in [0.05, 0.1) is 48.3 Å². The predicted molar refractivity (Wildman–Crippen MR) is 291 cm³/mol. The van der Waals surface area contributed by atoms with E-state index in [-0.39, 0.29) is 32.5 Å². The number of ether oxygens (including phenoxy) is 2. The van der Waals surface area contributed by atoms with Crippen molar-refractivity contribution < 1.29 is 35.4 Å². The molecule has 19 nitrogen and oxygen atoms in total. The Bertz CT molecular complexity index is 3420. The standard InChI is InChI=1S/C52H53N11O8S3/c1-7-62(8-2)44-28-40(42(30-46(44)70-5)60-58-38-24-26-48(73(64,65)66)36-22-16-14-20-34(36)38)53-50-55-51(57-52(56-50)72-32-33-18-12-11-13-19-33)54-41-29-45(63(9-3)10-4)47(71-6)31-43(41)61-59-39-25-27-49(74(67,68)69)37-23-17-15-21-35(37)39/h11-31H,7-10,32H2,1-6H3,(H,64,65,66)(H,67,68,69)(H2,53,54,55,56,57)/b60-58+,61-59+. The lowest BCUT2D eigenvalue weighted by molar-refractivity contribution is 0.414. The summed E-state index contributed by atoms with van der Waals surface area (Å²) in [5.74, 6) is 1.84. The normalized spacial score (nSPS) is 11.9. The Morgan fingerprint density at radius 2 is 0.905 bits per heavy atom. The van der Waals surface area contributed by atoms with Gasteiger partial charge in [-0.1, -0.05) is 90.6 Å². The van der Waals surface area contributed by atoms with Crippen molar-refractivity contribution in [3.05, 3.63) is 133 Å². The molecular weight excluding hydrogens is 1000 g/mol. The molecule has 0 saturated carbocycles. The lowest BCUT2D eigenvalue weighted by Crippen LogP contribution is -2.22. The van der Waals surface area contributed by atoms with Gasteiger partial charge in [-0.25, -0.2) is 0 Å². The van der Waals surface area contributed by atoms with Gasteiger partial charge in [-0.3, -0.25) is 9.11 Å². The molecule has 22 heteroatoms. The average molecular weight is 1060 g/mol. The van der Waals surface area contributed by atoms with E-state index >= 15 is 0 Å². The predicted octanol–water partition coefficient (Wildman–Crippen LogP) is 13.0. The zero-order chi connectivity index (χ0) is 52.6. The summed E-state index contributed by atoms with van der Waals surface area (Å²) in [5, 5.41) is 27.2. The number of nitrogens with zero attached hydrogens (tertiary/aromatic N) is 9. The van der Waals surface area contributed by atoms with Crippen molar-refractivity contribution in [1.29, 1.82) is 0 Å². The second kappa shape index (κ2) is 23.0. The van der Waals surface area contributed by atoms with Gasteiger partial charge in [-0.2, -0.15) is 31.8 Å². The summed E-state index contributed by atoms with van der Waals surface area (Å²) in [4.78, 5) is 18.4. The Balaban J connectivity index is 1.26. The van der Waals surface area contributed by atoms with Gasteiger partial charge in [-0.15, -0.1) is 20.5 Å². The molecule has 0 spiro atoms. The van der Waals surface area contributed by atoms with Gasteiger partial charge >= 0.3 is 0 Å². The SMILES string of the molecule is CCN(CC)c1cc(Nc2nc(Nc3cc(N(CC)CC)c(OC)cc3/N=N/c3ccc(S(=O)(=O)O)c4ccccc34)nc(SCc3ccccc3)n2)c(/N=N/c2ccc(S(=O)(=O)O)c3ccccc23)cc1OC. The topological polar surface area (TPSA) is 246 Å². The monoisotopic (exact) mass is 1060 g/mol. The number of aromatic nitrogens is 3. The van der Waals surface area contributed by atoms with Crippen molar-refractivity contribution in [2.75, 3.05) is 60.8 Å². The maximum atomic E-state index is 12.3. The first-order valence-corrected chi connectivity index (χ1v) is 27.2. The molecule has 0 aliphatic carbocycles. The minimum atomic E-state index is -4.54. The Morgan fingerprint density at radius 1 is 0.514 bits per heavy atom. The Labute approximate surface area is 433 Å². The fourth-order valence-electron chi connectivity index (χ4n) is 8.28. The highest BCUT2D eigenvalue weighted by Crippen LogP contribution is 2.44. The molecule has 1 heterocycles. The summed E-state index contributed by atoms with van der Waals surface area (Å²) in [6.45, 7) is 10.8. The molecule has 0 bridgehead atoms. The highest BCUT2D eigenvalue weighted by atomic mass is 32.2. The molecule has 0 amide bonds. The van der Waals surface area contributed by atoms with Crippen LogP contribution in [0.25, 0.3) is 21.5 Å². The molecule has 7 aromatic carbocycles. The van der Waals surface area contributed by atoms with Crippen LogP contribution in [0.15, 0.2) is 163 Å². The van der Waals surface area contributed by atoms with E-state index in [0.717, 1.165) is 16.9 Å². The van der Waals surface area contributed by atoms with Crippen molar-refractivity contribution in [3.8, 4) is 11.5 Å². The molecule has 382 valence electrons. The zero-order valence-corrected chi connectivity index (χ0v) is 43.7. The third kappa shape index (κ3) is 11.9. The Morgan fingerprint density at radius 3 is 1.30 bits per heavy atom. The molecule has 0 saturated heterocycles. The first kappa shape index (κ1) is 52.6. The molecule has 0 fully saturated rings. The van der Waals surface area contributed by atoms with Crippen LogP contribution in [0.2, 0.25) is 0 Å². The maximum absolute atomic E-state index is 12.3. The van der Waals surface area contributed by atoms with Gasteiger partial charge < -0.3 is 29.9 Å². The number of fused-ring (bicyclic) bond motifs is 2. The summed E-state index contributed by atoms with van der Waals surface area (Å²) >= 11 is 1.39. The maximum Gasteiger partial charge on any atom is 0.295 e. The summed E-state index contributed by atoms with van der Waals surface area (Å²) < 4.78 is 81.0. The van der Waals surface area contributed by atoms with Crippen molar-refractivity contribution in [3.63, 3.8) is 0 Å². The summed E-state index contributed by atoms with van der Waals surface area (Å²) in [6.07, 6.45) is 0. The molecule has 0 aliphatic heterocycles. The van der Waals surface area contributed by atoms with E-state index in [1.807, 2.05) is 70.2 Å². The van der Waals surface area contributed by atoms with Gasteiger partial charge in [0.25, 0.3) is 20.2 Å². The number of benzene rings is 7. The number of methoxy groups -OCH3 is 2. The van der Waals surface area contributed by atoms with Gasteiger partial charge in [0, 0.05) is 65.6 Å². The number of hydrogen-bond acceptors (Lipinski definition) is 18. The molecule has 0 unspecified atom stereocenters. The Kier molecular flexibility index (Phi) is 16.3. The second-order valence-corrected chi connectivity index (χ2v) is 20.0. The first-order valence-electron chi connectivity index (χ1n) is 23.4. The van der Waals surface area contributed by atoms with E-state index in [9.17, 15) is 25.9 Å². The average Bonchev–Trinajstić information content (AvgIpc) is 3.39. The zero-order valence-electron chi connectivity index (χ0n) is 41.3. The van der Waals surface area contributed by atoms with Crippen LogP contribution in [0.3, 0.4) is 0 Å². The quantitative estimate of drug-likeness (QED) is 0.0297. The lowest BCUT2D eigenvalue weighted by atomic mass is 10.1. The van der Waals surface area contributed by atoms with E-state index in [0.29, 0.717) is 93.5 Å². The van der Waals surface area contributed by atoms with E-state index in [1.54, 1.807) is 74.9 Å². The third-order valence-electron chi connectivity index (χ3n) is 11.9. The molecule has 4 N–H and O–H groups in total. The van der Waals surface area contributed by atoms with Crippen LogP contribution >= 0.6 is 11.8 Å².